The van der Waals surface area contributed by atoms with E-state index in [0.717, 1.165) is 25.0 Å². The van der Waals surface area contributed by atoms with E-state index in [4.69, 9.17) is 4.74 Å². The highest BCUT2D eigenvalue weighted by atomic mass is 16.5. The second kappa shape index (κ2) is 51.6. The van der Waals surface area contributed by atoms with Crippen molar-refractivity contribution in [3.8, 4) is 0 Å². The molecule has 0 aromatic heterocycles. The average molecular weight is 799 g/mol. The fraction of sp³-hybridized carbons (Fsp3) is 0.929. The Kier molecular flexibility index (Phi) is 51.1. The van der Waals surface area contributed by atoms with Crippen LogP contribution in [-0.2, 0) is 4.74 Å². The van der Waals surface area contributed by atoms with Crippen LogP contribution in [0.2, 0.25) is 0 Å². The summed E-state index contributed by atoms with van der Waals surface area (Å²) in [5, 5.41) is 0. The second-order valence-corrected chi connectivity index (χ2v) is 19.0. The van der Waals surface area contributed by atoms with Crippen LogP contribution in [-0.4, -0.2) is 13.2 Å². The third-order valence-corrected chi connectivity index (χ3v) is 12.8. The highest BCUT2D eigenvalue weighted by Crippen LogP contribution is 2.18. The first-order valence-electron chi connectivity index (χ1n) is 27.1. The molecule has 0 bridgehead atoms. The van der Waals surface area contributed by atoms with Crippen LogP contribution in [0, 0.1) is 11.8 Å². The van der Waals surface area contributed by atoms with Crippen LogP contribution in [0.4, 0.5) is 0 Å². The van der Waals surface area contributed by atoms with E-state index in [1.165, 1.54) is 283 Å². The number of hydrogen-bond donors (Lipinski definition) is 0. The molecule has 2 atom stereocenters. The molecule has 0 heterocycles. The van der Waals surface area contributed by atoms with Gasteiger partial charge in [0.25, 0.3) is 0 Å². The van der Waals surface area contributed by atoms with E-state index in [9.17, 15) is 0 Å². The van der Waals surface area contributed by atoms with Crippen molar-refractivity contribution in [3.05, 3.63) is 24.3 Å². The van der Waals surface area contributed by atoms with Gasteiger partial charge in [-0.25, -0.2) is 0 Å². The summed E-state index contributed by atoms with van der Waals surface area (Å²) < 4.78 is 5.95. The van der Waals surface area contributed by atoms with Crippen LogP contribution in [0.25, 0.3) is 0 Å². The molecule has 0 rings (SSSR count). The lowest BCUT2D eigenvalue weighted by atomic mass is 10.0. The molecule has 1 heteroatoms. The monoisotopic (exact) mass is 799 g/mol. The summed E-state index contributed by atoms with van der Waals surface area (Å²) in [5.74, 6) is 1.52. The number of hydrogen-bond acceptors (Lipinski definition) is 1. The Morgan fingerprint density at radius 1 is 0.281 bits per heavy atom. The highest BCUT2D eigenvalue weighted by molar-refractivity contribution is 4.87. The maximum absolute atomic E-state index is 5.95. The molecule has 0 aliphatic rings. The molecule has 1 nitrogen and oxygen atoms in total. The van der Waals surface area contributed by atoms with Crippen LogP contribution in [0.3, 0.4) is 0 Å². The van der Waals surface area contributed by atoms with Gasteiger partial charge in [-0.1, -0.05) is 283 Å². The largest absolute Gasteiger partial charge is 0.381 e. The standard InChI is InChI=1S/C56H110O/c1-5-7-9-11-13-15-17-19-21-23-25-27-29-31-37-43-49-55(3)51-45-39-33-35-41-47-53-57-54-48-42-36-34-40-46-52-56(4)50-44-38-32-30-28-26-24-22-20-18-16-14-12-10-8-6-2/h43-44,49-50,55-56H,5-42,45-48,51-54H2,1-4H3. The van der Waals surface area contributed by atoms with Crippen molar-refractivity contribution < 1.29 is 4.74 Å². The minimum atomic E-state index is 0.759. The summed E-state index contributed by atoms with van der Waals surface area (Å²) >= 11 is 0. The Morgan fingerprint density at radius 3 is 0.789 bits per heavy atom. The molecular formula is C56H110O. The van der Waals surface area contributed by atoms with Gasteiger partial charge in [0.1, 0.15) is 0 Å². The maximum atomic E-state index is 5.95. The van der Waals surface area contributed by atoms with E-state index >= 15 is 0 Å². The maximum Gasteiger partial charge on any atom is 0.0466 e. The van der Waals surface area contributed by atoms with Gasteiger partial charge in [0.05, 0.1) is 0 Å². The van der Waals surface area contributed by atoms with Crippen molar-refractivity contribution in [2.45, 2.75) is 310 Å². The van der Waals surface area contributed by atoms with Crippen LogP contribution in [0.1, 0.15) is 310 Å². The lowest BCUT2D eigenvalue weighted by molar-refractivity contribution is 0.125. The molecule has 0 aromatic carbocycles. The van der Waals surface area contributed by atoms with Crippen LogP contribution in [0.5, 0.6) is 0 Å². The molecule has 0 aromatic rings. The SMILES string of the molecule is CCCCCCCCCCCCCCCCC=CC(C)CCCCCCCCOCCCCCCCCC(C)C=CCCCCCCCCCCCCCCCC. The summed E-state index contributed by atoms with van der Waals surface area (Å²) in [6, 6.07) is 0. The predicted molar refractivity (Wildman–Crippen MR) is 262 cm³/mol. The molecule has 57 heavy (non-hydrogen) atoms. The summed E-state index contributed by atoms with van der Waals surface area (Å²) in [4.78, 5) is 0. The van der Waals surface area contributed by atoms with E-state index in [1.807, 2.05) is 0 Å². The zero-order valence-electron chi connectivity index (χ0n) is 40.4. The summed E-state index contributed by atoms with van der Waals surface area (Å²) in [7, 11) is 0. The molecule has 340 valence electrons. The van der Waals surface area contributed by atoms with E-state index in [1.54, 1.807) is 0 Å². The summed E-state index contributed by atoms with van der Waals surface area (Å²) in [6.07, 6.45) is 72.3. The van der Waals surface area contributed by atoms with Gasteiger partial charge in [0.2, 0.25) is 0 Å². The lowest BCUT2D eigenvalue weighted by Crippen LogP contribution is -1.97. The summed E-state index contributed by atoms with van der Waals surface area (Å²) in [5.41, 5.74) is 0. The molecule has 0 radical (unpaired) electrons. The number of unbranched alkanes of at least 4 members (excludes halogenated alkanes) is 38. The Hall–Kier alpha value is -0.560. The third-order valence-electron chi connectivity index (χ3n) is 12.8. The van der Waals surface area contributed by atoms with E-state index in [-0.39, 0.29) is 0 Å². The molecular weight excluding hydrogens is 689 g/mol. The van der Waals surface area contributed by atoms with Gasteiger partial charge in [-0.05, 0) is 63.2 Å². The molecule has 0 saturated carbocycles. The normalized spacial score (nSPS) is 13.1. The van der Waals surface area contributed by atoms with Crippen molar-refractivity contribution in [3.63, 3.8) is 0 Å². The molecule has 0 saturated heterocycles. The molecule has 0 aliphatic carbocycles. The summed E-state index contributed by atoms with van der Waals surface area (Å²) in [6.45, 7) is 11.4. The first-order valence-corrected chi connectivity index (χ1v) is 27.1. The van der Waals surface area contributed by atoms with Gasteiger partial charge in [-0.3, -0.25) is 0 Å². The first-order chi connectivity index (χ1) is 28.2. The molecule has 0 spiro atoms. The van der Waals surface area contributed by atoms with Crippen LogP contribution < -0.4 is 0 Å². The molecule has 0 aliphatic heterocycles. The van der Waals surface area contributed by atoms with Crippen molar-refractivity contribution in [1.29, 1.82) is 0 Å². The van der Waals surface area contributed by atoms with Gasteiger partial charge in [-0.2, -0.15) is 0 Å². The van der Waals surface area contributed by atoms with Crippen LogP contribution in [0.15, 0.2) is 24.3 Å². The van der Waals surface area contributed by atoms with Gasteiger partial charge in [-0.15, -0.1) is 0 Å². The predicted octanol–water partition coefficient (Wildman–Crippen LogP) is 20.6. The molecule has 0 fully saturated rings. The van der Waals surface area contributed by atoms with Crippen molar-refractivity contribution >= 4 is 0 Å². The fourth-order valence-electron chi connectivity index (χ4n) is 8.62. The molecule has 0 N–H and O–H groups in total. The lowest BCUT2D eigenvalue weighted by Gasteiger charge is -2.07. The number of allylic oxidation sites excluding steroid dienone is 4. The van der Waals surface area contributed by atoms with Gasteiger partial charge < -0.3 is 4.74 Å². The Labute approximate surface area is 363 Å². The topological polar surface area (TPSA) is 9.23 Å². The average Bonchev–Trinajstić information content (AvgIpc) is 3.21. The number of ether oxygens (including phenoxy) is 1. The molecule has 0 amide bonds. The van der Waals surface area contributed by atoms with Gasteiger partial charge in [0, 0.05) is 13.2 Å². The Bertz CT molecular complexity index is 690. The highest BCUT2D eigenvalue weighted by Gasteiger charge is 2.01. The molecule has 2 unspecified atom stereocenters. The van der Waals surface area contributed by atoms with E-state index in [2.05, 4.69) is 52.0 Å². The van der Waals surface area contributed by atoms with Gasteiger partial charge in [0.15, 0.2) is 0 Å². The van der Waals surface area contributed by atoms with E-state index in [0.29, 0.717) is 0 Å². The fourth-order valence-corrected chi connectivity index (χ4v) is 8.62. The Balaban J connectivity index is 3.27. The van der Waals surface area contributed by atoms with Crippen molar-refractivity contribution in [2.24, 2.45) is 11.8 Å². The van der Waals surface area contributed by atoms with Crippen LogP contribution >= 0.6 is 0 Å². The minimum Gasteiger partial charge on any atom is -0.381 e. The zero-order chi connectivity index (χ0) is 41.2. The minimum absolute atomic E-state index is 0.759. The second-order valence-electron chi connectivity index (χ2n) is 19.0. The van der Waals surface area contributed by atoms with Crippen molar-refractivity contribution in [1.82, 2.24) is 0 Å². The quantitative estimate of drug-likeness (QED) is 0.0440. The number of rotatable bonds is 50. The third kappa shape index (κ3) is 51.5. The zero-order valence-corrected chi connectivity index (χ0v) is 40.4. The van der Waals surface area contributed by atoms with Crippen molar-refractivity contribution in [2.75, 3.05) is 13.2 Å². The Morgan fingerprint density at radius 2 is 0.509 bits per heavy atom. The van der Waals surface area contributed by atoms with E-state index < -0.39 is 0 Å². The first kappa shape index (κ1) is 56.4. The van der Waals surface area contributed by atoms with Gasteiger partial charge >= 0.3 is 0 Å². The smallest absolute Gasteiger partial charge is 0.0466 e.